The molecule has 2 aliphatic rings. The number of amides is 2. The third-order valence-corrected chi connectivity index (χ3v) is 8.56. The Hall–Kier alpha value is -4.78. The molecule has 6 rings (SSSR count). The molecular weight excluding hydrogens is 536 g/mol. The number of rotatable bonds is 9. The van der Waals surface area contributed by atoms with Gasteiger partial charge in [0.1, 0.15) is 5.75 Å². The number of piperazine rings is 1. The summed E-state index contributed by atoms with van der Waals surface area (Å²) < 4.78 is 5.59. The predicted molar refractivity (Wildman–Crippen MR) is 172 cm³/mol. The normalized spacial score (nSPS) is 18.5. The van der Waals surface area contributed by atoms with E-state index >= 15 is 0 Å². The smallest absolute Gasteiger partial charge is 0.253 e. The van der Waals surface area contributed by atoms with Crippen molar-refractivity contribution in [3.05, 3.63) is 120 Å². The van der Waals surface area contributed by atoms with Gasteiger partial charge in [0.15, 0.2) is 0 Å². The van der Waals surface area contributed by atoms with Gasteiger partial charge in [0, 0.05) is 43.5 Å². The molecule has 220 valence electrons. The second kappa shape index (κ2) is 12.6. The zero-order valence-electron chi connectivity index (χ0n) is 24.7. The van der Waals surface area contributed by atoms with Gasteiger partial charge in [-0.15, -0.1) is 0 Å². The standard InChI is InChI=1S/C36H38N4O3/c1-25(26-11-5-3-6-12-26)37-36(42)31-23-28(38-35(41)30-24-29(30)27-13-7-4-8-14-27)17-18-32(31)39-19-21-40(22-20-39)33-15-9-10-16-34(33)43-2/h3-18,23,25,29-30H,19-22,24H2,1-2H3,(H,37,42)(H,38,41). The Balaban J connectivity index is 1.21. The number of nitrogens with one attached hydrogen (secondary N) is 2. The molecule has 2 N–H and O–H groups in total. The van der Waals surface area contributed by atoms with E-state index in [1.807, 2.05) is 91.9 Å². The summed E-state index contributed by atoms with van der Waals surface area (Å²) in [5.74, 6) is 0.880. The highest BCUT2D eigenvalue weighted by Crippen LogP contribution is 2.48. The fraction of sp³-hybridized carbons (Fsp3) is 0.278. The van der Waals surface area contributed by atoms with Gasteiger partial charge in [-0.1, -0.05) is 72.8 Å². The lowest BCUT2D eigenvalue weighted by atomic mass is 10.1. The summed E-state index contributed by atoms with van der Waals surface area (Å²) in [6, 6.07) is 33.7. The Kier molecular flexibility index (Phi) is 8.31. The molecule has 0 spiro atoms. The Morgan fingerprint density at radius 3 is 2.12 bits per heavy atom. The van der Waals surface area contributed by atoms with Gasteiger partial charge in [-0.05, 0) is 60.7 Å². The molecular formula is C36H38N4O3. The number of para-hydroxylation sites is 2. The average molecular weight is 575 g/mol. The van der Waals surface area contributed by atoms with Crippen LogP contribution in [0.1, 0.15) is 46.8 Å². The Morgan fingerprint density at radius 2 is 1.42 bits per heavy atom. The van der Waals surface area contributed by atoms with Crippen molar-refractivity contribution < 1.29 is 14.3 Å². The minimum Gasteiger partial charge on any atom is -0.495 e. The Bertz CT molecular complexity index is 1570. The van der Waals surface area contributed by atoms with Crippen LogP contribution in [-0.4, -0.2) is 45.1 Å². The minimum absolute atomic E-state index is 0.00367. The molecule has 0 aromatic heterocycles. The van der Waals surface area contributed by atoms with Crippen LogP contribution in [0.3, 0.4) is 0 Å². The Morgan fingerprint density at radius 1 is 0.791 bits per heavy atom. The molecule has 1 saturated heterocycles. The molecule has 3 unspecified atom stereocenters. The highest BCUT2D eigenvalue weighted by atomic mass is 16.5. The maximum Gasteiger partial charge on any atom is 0.253 e. The molecule has 0 bridgehead atoms. The van der Waals surface area contributed by atoms with E-state index < -0.39 is 0 Å². The topological polar surface area (TPSA) is 73.9 Å². The van der Waals surface area contributed by atoms with Gasteiger partial charge in [-0.2, -0.15) is 0 Å². The van der Waals surface area contributed by atoms with Crippen LogP contribution in [0, 0.1) is 5.92 Å². The molecule has 4 aromatic rings. The number of carbonyl (C=O) groups is 2. The molecule has 1 aliphatic carbocycles. The predicted octanol–water partition coefficient (Wildman–Crippen LogP) is 6.26. The van der Waals surface area contributed by atoms with Gasteiger partial charge in [0.2, 0.25) is 5.91 Å². The van der Waals surface area contributed by atoms with E-state index in [0.717, 1.165) is 55.3 Å². The maximum atomic E-state index is 13.8. The molecule has 1 aliphatic heterocycles. The number of hydrogen-bond acceptors (Lipinski definition) is 5. The monoisotopic (exact) mass is 574 g/mol. The quantitative estimate of drug-likeness (QED) is 0.247. The van der Waals surface area contributed by atoms with Crippen LogP contribution in [0.15, 0.2) is 103 Å². The van der Waals surface area contributed by atoms with Crippen LogP contribution in [0.2, 0.25) is 0 Å². The van der Waals surface area contributed by atoms with Crippen LogP contribution in [0.25, 0.3) is 0 Å². The molecule has 1 heterocycles. The fourth-order valence-electron chi connectivity index (χ4n) is 6.04. The van der Waals surface area contributed by atoms with Crippen molar-refractivity contribution in [3.8, 4) is 5.75 Å². The molecule has 43 heavy (non-hydrogen) atoms. The number of benzene rings is 4. The Labute approximate surface area is 253 Å². The maximum absolute atomic E-state index is 13.8. The van der Waals surface area contributed by atoms with Crippen molar-refractivity contribution in [2.45, 2.75) is 25.3 Å². The molecule has 4 aromatic carbocycles. The number of hydrogen-bond donors (Lipinski definition) is 2. The van der Waals surface area contributed by atoms with E-state index in [4.69, 9.17) is 4.74 Å². The van der Waals surface area contributed by atoms with Gasteiger partial charge in [0.25, 0.3) is 5.91 Å². The van der Waals surface area contributed by atoms with Gasteiger partial charge in [0.05, 0.1) is 24.4 Å². The second-order valence-corrected chi connectivity index (χ2v) is 11.3. The van der Waals surface area contributed by atoms with Crippen LogP contribution >= 0.6 is 0 Å². The highest BCUT2D eigenvalue weighted by molar-refractivity contribution is 6.03. The summed E-state index contributed by atoms with van der Waals surface area (Å²) in [6.07, 6.45) is 0.840. The summed E-state index contributed by atoms with van der Waals surface area (Å²) in [5, 5.41) is 6.28. The first-order valence-corrected chi connectivity index (χ1v) is 15.0. The summed E-state index contributed by atoms with van der Waals surface area (Å²) in [7, 11) is 1.70. The lowest BCUT2D eigenvalue weighted by Crippen LogP contribution is -2.47. The van der Waals surface area contributed by atoms with Crippen LogP contribution < -0.4 is 25.2 Å². The van der Waals surface area contributed by atoms with Crippen LogP contribution in [0.5, 0.6) is 5.75 Å². The summed E-state index contributed by atoms with van der Waals surface area (Å²) in [4.78, 5) is 31.6. The van der Waals surface area contributed by atoms with Crippen molar-refractivity contribution in [1.29, 1.82) is 0 Å². The van der Waals surface area contributed by atoms with E-state index in [0.29, 0.717) is 11.3 Å². The first-order chi connectivity index (χ1) is 21.0. The number of methoxy groups -OCH3 is 1. The minimum atomic E-state index is -0.166. The summed E-state index contributed by atoms with van der Waals surface area (Å²) in [6.45, 7) is 5.07. The van der Waals surface area contributed by atoms with E-state index in [1.54, 1.807) is 7.11 Å². The molecule has 0 radical (unpaired) electrons. The highest BCUT2D eigenvalue weighted by Gasteiger charge is 2.43. The third-order valence-electron chi connectivity index (χ3n) is 8.56. The molecule has 7 nitrogen and oxygen atoms in total. The molecule has 3 atom stereocenters. The average Bonchev–Trinajstić information content (AvgIpc) is 3.87. The van der Waals surface area contributed by atoms with Crippen LogP contribution in [0.4, 0.5) is 17.1 Å². The SMILES string of the molecule is COc1ccccc1N1CCN(c2ccc(NC(=O)C3CC3c3ccccc3)cc2C(=O)NC(C)c2ccccc2)CC1. The molecule has 1 saturated carbocycles. The molecule has 2 fully saturated rings. The van der Waals surface area contributed by atoms with E-state index in [2.05, 4.69) is 38.6 Å². The number of nitrogens with zero attached hydrogens (tertiary/aromatic N) is 2. The number of carbonyl (C=O) groups excluding carboxylic acids is 2. The van der Waals surface area contributed by atoms with Crippen molar-refractivity contribution in [2.75, 3.05) is 48.4 Å². The van der Waals surface area contributed by atoms with Crippen molar-refractivity contribution in [3.63, 3.8) is 0 Å². The van der Waals surface area contributed by atoms with E-state index in [1.165, 1.54) is 5.56 Å². The largest absolute Gasteiger partial charge is 0.495 e. The van der Waals surface area contributed by atoms with Gasteiger partial charge < -0.3 is 25.2 Å². The zero-order chi connectivity index (χ0) is 29.8. The third kappa shape index (κ3) is 6.36. The molecule has 2 amide bonds. The van der Waals surface area contributed by atoms with E-state index in [-0.39, 0.29) is 29.7 Å². The summed E-state index contributed by atoms with van der Waals surface area (Å²) >= 11 is 0. The van der Waals surface area contributed by atoms with Crippen molar-refractivity contribution >= 4 is 28.9 Å². The zero-order valence-corrected chi connectivity index (χ0v) is 24.7. The first-order valence-electron chi connectivity index (χ1n) is 15.0. The van der Waals surface area contributed by atoms with E-state index in [9.17, 15) is 9.59 Å². The number of anilines is 3. The van der Waals surface area contributed by atoms with Gasteiger partial charge >= 0.3 is 0 Å². The van der Waals surface area contributed by atoms with Gasteiger partial charge in [-0.3, -0.25) is 9.59 Å². The fourth-order valence-corrected chi connectivity index (χ4v) is 6.04. The lowest BCUT2D eigenvalue weighted by Gasteiger charge is -2.38. The van der Waals surface area contributed by atoms with Gasteiger partial charge in [-0.25, -0.2) is 0 Å². The van der Waals surface area contributed by atoms with Crippen LogP contribution in [-0.2, 0) is 4.79 Å². The summed E-state index contributed by atoms with van der Waals surface area (Å²) in [5.41, 5.74) is 5.36. The number of ether oxygens (including phenoxy) is 1. The molecule has 7 heteroatoms. The first kappa shape index (κ1) is 28.3. The van der Waals surface area contributed by atoms with Crippen molar-refractivity contribution in [1.82, 2.24) is 5.32 Å². The lowest BCUT2D eigenvalue weighted by molar-refractivity contribution is -0.117. The second-order valence-electron chi connectivity index (χ2n) is 11.3. The van der Waals surface area contributed by atoms with Crippen molar-refractivity contribution in [2.24, 2.45) is 5.92 Å².